The van der Waals surface area contributed by atoms with E-state index in [0.717, 1.165) is 58.2 Å². The number of rotatable bonds is 7. The van der Waals surface area contributed by atoms with Crippen LogP contribution in [0, 0.1) is 0 Å². The molecule has 0 aromatic heterocycles. The molecule has 31 heavy (non-hydrogen) atoms. The smallest absolute Gasteiger partial charge is 0.191 e. The molecule has 0 aliphatic carbocycles. The van der Waals surface area contributed by atoms with Crippen molar-refractivity contribution < 1.29 is 4.74 Å². The minimum Gasteiger partial charge on any atom is -0.381 e. The molecule has 3 fully saturated rings. The number of piperidine rings is 1. The van der Waals surface area contributed by atoms with Crippen molar-refractivity contribution in [1.82, 2.24) is 20.4 Å². The third-order valence-electron chi connectivity index (χ3n) is 7.17. The maximum Gasteiger partial charge on any atom is 0.191 e. The van der Waals surface area contributed by atoms with Crippen LogP contribution in [0.4, 0.5) is 0 Å². The number of benzene rings is 1. The van der Waals surface area contributed by atoms with Crippen molar-refractivity contribution in [2.45, 2.75) is 63.6 Å². The van der Waals surface area contributed by atoms with E-state index in [1.54, 1.807) is 0 Å². The molecule has 1 aromatic rings. The lowest BCUT2D eigenvalue weighted by molar-refractivity contribution is -0.0139. The van der Waals surface area contributed by atoms with Gasteiger partial charge in [0, 0.05) is 44.4 Å². The molecule has 0 amide bonds. The second-order valence-electron chi connectivity index (χ2n) is 9.43. The molecular formula is C25H41N5O. The highest BCUT2D eigenvalue weighted by Gasteiger charge is 2.39. The highest BCUT2D eigenvalue weighted by Crippen LogP contribution is 2.31. The number of aliphatic imine (C=N–C) groups is 1. The predicted octanol–water partition coefficient (Wildman–Crippen LogP) is 2.85. The second-order valence-corrected chi connectivity index (χ2v) is 9.43. The van der Waals surface area contributed by atoms with Gasteiger partial charge in [0.05, 0.1) is 6.54 Å². The molecule has 0 saturated carbocycles. The third-order valence-corrected chi connectivity index (χ3v) is 7.17. The van der Waals surface area contributed by atoms with Crippen molar-refractivity contribution in [1.29, 1.82) is 0 Å². The lowest BCUT2D eigenvalue weighted by atomic mass is 9.88. The summed E-state index contributed by atoms with van der Waals surface area (Å²) in [4.78, 5) is 10.4. The summed E-state index contributed by atoms with van der Waals surface area (Å²) in [5, 5.41) is 7.28. The molecule has 0 spiro atoms. The van der Waals surface area contributed by atoms with Gasteiger partial charge in [-0.15, -0.1) is 0 Å². The second kappa shape index (κ2) is 11.3. The van der Waals surface area contributed by atoms with Crippen LogP contribution < -0.4 is 10.6 Å². The Bertz CT molecular complexity index is 682. The molecular weight excluding hydrogens is 386 g/mol. The van der Waals surface area contributed by atoms with Crippen molar-refractivity contribution >= 4 is 5.96 Å². The fourth-order valence-corrected chi connectivity index (χ4v) is 5.42. The topological polar surface area (TPSA) is 52.1 Å². The number of ether oxygens (including phenoxy) is 1. The highest BCUT2D eigenvalue weighted by atomic mass is 16.5. The summed E-state index contributed by atoms with van der Waals surface area (Å²) in [6, 6.07) is 11.3. The van der Waals surface area contributed by atoms with E-state index in [-0.39, 0.29) is 5.54 Å². The minimum atomic E-state index is 0.184. The van der Waals surface area contributed by atoms with E-state index >= 15 is 0 Å². The molecule has 172 valence electrons. The summed E-state index contributed by atoms with van der Waals surface area (Å²) >= 11 is 0. The summed E-state index contributed by atoms with van der Waals surface area (Å²) < 4.78 is 5.71. The first-order valence-electron chi connectivity index (χ1n) is 12.4. The molecule has 1 aromatic carbocycles. The SMILES string of the molecule is CCNC(=NCC1(N2CCCC2)CCOCC1)NC1CCCN(Cc2ccccc2)C1. The molecule has 1 unspecified atom stereocenters. The van der Waals surface area contributed by atoms with Crippen molar-refractivity contribution in [2.75, 3.05) is 52.5 Å². The first-order valence-corrected chi connectivity index (χ1v) is 12.4. The van der Waals surface area contributed by atoms with Crippen LogP contribution in [0.2, 0.25) is 0 Å². The number of hydrogen-bond acceptors (Lipinski definition) is 4. The van der Waals surface area contributed by atoms with Crippen molar-refractivity contribution in [3.8, 4) is 0 Å². The Balaban J connectivity index is 1.37. The largest absolute Gasteiger partial charge is 0.381 e. The van der Waals surface area contributed by atoms with E-state index in [9.17, 15) is 0 Å². The van der Waals surface area contributed by atoms with Crippen molar-refractivity contribution in [3.05, 3.63) is 35.9 Å². The zero-order valence-electron chi connectivity index (χ0n) is 19.3. The number of guanidine groups is 1. The van der Waals surface area contributed by atoms with Crippen LogP contribution in [0.15, 0.2) is 35.3 Å². The zero-order chi connectivity index (χ0) is 21.4. The Morgan fingerprint density at radius 3 is 2.61 bits per heavy atom. The van der Waals surface area contributed by atoms with Crippen LogP contribution >= 0.6 is 0 Å². The van der Waals surface area contributed by atoms with Gasteiger partial charge < -0.3 is 15.4 Å². The summed E-state index contributed by atoms with van der Waals surface area (Å²) in [6.07, 6.45) is 7.29. The van der Waals surface area contributed by atoms with E-state index in [4.69, 9.17) is 9.73 Å². The van der Waals surface area contributed by atoms with Crippen LogP contribution in [-0.2, 0) is 11.3 Å². The zero-order valence-corrected chi connectivity index (χ0v) is 19.3. The molecule has 3 heterocycles. The van der Waals surface area contributed by atoms with Gasteiger partial charge in [-0.3, -0.25) is 14.8 Å². The molecule has 3 aliphatic rings. The van der Waals surface area contributed by atoms with Crippen molar-refractivity contribution in [2.24, 2.45) is 4.99 Å². The average Bonchev–Trinajstić information content (AvgIpc) is 3.35. The Morgan fingerprint density at radius 2 is 1.87 bits per heavy atom. The summed E-state index contributed by atoms with van der Waals surface area (Å²) in [7, 11) is 0. The first-order chi connectivity index (χ1) is 15.3. The van der Waals surface area contributed by atoms with E-state index in [1.165, 1.54) is 50.9 Å². The molecule has 2 N–H and O–H groups in total. The molecule has 1 atom stereocenters. The Kier molecular flexibility index (Phi) is 8.22. The predicted molar refractivity (Wildman–Crippen MR) is 127 cm³/mol. The Hall–Kier alpha value is -1.63. The van der Waals surface area contributed by atoms with Gasteiger partial charge in [-0.25, -0.2) is 0 Å². The fraction of sp³-hybridized carbons (Fsp3) is 0.720. The molecule has 4 rings (SSSR count). The highest BCUT2D eigenvalue weighted by molar-refractivity contribution is 5.80. The number of nitrogens with zero attached hydrogens (tertiary/aromatic N) is 3. The van der Waals surface area contributed by atoms with Gasteiger partial charge in [0.25, 0.3) is 0 Å². The van der Waals surface area contributed by atoms with Gasteiger partial charge in [-0.1, -0.05) is 30.3 Å². The van der Waals surface area contributed by atoms with Crippen LogP contribution in [0.25, 0.3) is 0 Å². The molecule has 6 heteroatoms. The lowest BCUT2D eigenvalue weighted by Gasteiger charge is -2.43. The van der Waals surface area contributed by atoms with E-state index in [2.05, 4.69) is 57.7 Å². The number of nitrogens with one attached hydrogen (secondary N) is 2. The van der Waals surface area contributed by atoms with Gasteiger partial charge >= 0.3 is 0 Å². The Labute approximate surface area is 188 Å². The average molecular weight is 428 g/mol. The minimum absolute atomic E-state index is 0.184. The number of likely N-dealkylation sites (tertiary alicyclic amines) is 2. The van der Waals surface area contributed by atoms with Crippen LogP contribution in [0.1, 0.15) is 51.0 Å². The summed E-state index contributed by atoms with van der Waals surface area (Å²) in [5.41, 5.74) is 1.58. The van der Waals surface area contributed by atoms with Gasteiger partial charge in [0.2, 0.25) is 0 Å². The quantitative estimate of drug-likeness (QED) is 0.518. The fourth-order valence-electron chi connectivity index (χ4n) is 5.42. The van der Waals surface area contributed by atoms with E-state index in [0.29, 0.717) is 6.04 Å². The normalized spacial score (nSPS) is 25.5. The molecule has 0 radical (unpaired) electrons. The number of hydrogen-bond donors (Lipinski definition) is 2. The lowest BCUT2D eigenvalue weighted by Crippen LogP contribution is -2.55. The maximum atomic E-state index is 5.71. The van der Waals surface area contributed by atoms with E-state index < -0.39 is 0 Å². The van der Waals surface area contributed by atoms with Crippen molar-refractivity contribution in [3.63, 3.8) is 0 Å². The summed E-state index contributed by atoms with van der Waals surface area (Å²) in [5.74, 6) is 0.985. The molecule has 0 bridgehead atoms. The van der Waals surface area contributed by atoms with E-state index in [1.807, 2.05) is 0 Å². The van der Waals surface area contributed by atoms with Crippen LogP contribution in [-0.4, -0.2) is 79.8 Å². The summed E-state index contributed by atoms with van der Waals surface area (Å²) in [6.45, 7) is 11.4. The van der Waals surface area contributed by atoms with Crippen LogP contribution in [0.5, 0.6) is 0 Å². The third kappa shape index (κ3) is 6.21. The van der Waals surface area contributed by atoms with Gasteiger partial charge in [0.15, 0.2) is 5.96 Å². The maximum absolute atomic E-state index is 5.71. The standard InChI is InChI=1S/C25H41N5O/c1-2-26-24(27-21-25(12-17-31-18-13-25)30-15-6-7-16-30)28-23-11-8-14-29(20-23)19-22-9-4-3-5-10-22/h3-5,9-10,23H,2,6-8,11-21H2,1H3,(H2,26,27,28). The molecule has 3 saturated heterocycles. The first kappa shape index (κ1) is 22.6. The Morgan fingerprint density at radius 1 is 1.10 bits per heavy atom. The van der Waals surface area contributed by atoms with Crippen LogP contribution in [0.3, 0.4) is 0 Å². The monoisotopic (exact) mass is 427 g/mol. The van der Waals surface area contributed by atoms with Gasteiger partial charge in [-0.05, 0) is 70.6 Å². The van der Waals surface area contributed by atoms with Gasteiger partial charge in [0.1, 0.15) is 0 Å². The van der Waals surface area contributed by atoms with Gasteiger partial charge in [-0.2, -0.15) is 0 Å². The molecule has 6 nitrogen and oxygen atoms in total. The molecule has 3 aliphatic heterocycles.